The van der Waals surface area contributed by atoms with E-state index in [9.17, 15) is 71.5 Å². The number of aliphatic hydroxyl groups excluding tert-OH is 2. The van der Waals surface area contributed by atoms with Crippen LogP contribution in [0, 0.1) is 11.8 Å². The van der Waals surface area contributed by atoms with Crippen LogP contribution in [0.3, 0.4) is 0 Å². The highest BCUT2D eigenvalue weighted by Crippen LogP contribution is 2.39. The minimum atomic E-state index is -0.601. The number of phenols is 12. The molecule has 0 aliphatic heterocycles. The van der Waals surface area contributed by atoms with Crippen molar-refractivity contribution in [3.8, 4) is 69.0 Å². The smallest absolute Gasteiger partial charge is 0.200 e. The second kappa shape index (κ2) is 21.7. The summed E-state index contributed by atoms with van der Waals surface area (Å²) in [5, 5.41) is 142. The highest BCUT2D eigenvalue weighted by atomic mass is 16.3. The summed E-state index contributed by atoms with van der Waals surface area (Å²) >= 11 is 0. The normalized spacial score (nSPS) is 12.3. The van der Waals surface area contributed by atoms with Crippen LogP contribution in [0.2, 0.25) is 0 Å². The van der Waals surface area contributed by atoms with Crippen molar-refractivity contribution in [2.75, 3.05) is 13.2 Å². The van der Waals surface area contributed by atoms with Crippen molar-refractivity contribution in [3.05, 3.63) is 141 Å². The zero-order valence-electron chi connectivity index (χ0n) is 36.4. The molecule has 0 radical (unpaired) electrons. The van der Waals surface area contributed by atoms with Crippen LogP contribution in [0.1, 0.15) is 68.5 Å². The number of benzene rings is 6. The lowest BCUT2D eigenvalue weighted by Crippen LogP contribution is -2.24. The monoisotopic (exact) mass is 906 g/mol. The van der Waals surface area contributed by atoms with Crippen LogP contribution in [0.5, 0.6) is 69.0 Å². The number of phenolic OH excluding ortho intramolecular Hbond substituents is 12. The van der Waals surface area contributed by atoms with Crippen molar-refractivity contribution in [1.82, 2.24) is 0 Å². The zero-order valence-corrected chi connectivity index (χ0v) is 36.4. The molecule has 0 saturated heterocycles. The highest BCUT2D eigenvalue weighted by Gasteiger charge is 2.23. The Kier molecular flexibility index (Phi) is 15.9. The second-order valence-electron chi connectivity index (χ2n) is 17.2. The van der Waals surface area contributed by atoms with Gasteiger partial charge in [-0.05, 0) is 193 Å². The van der Waals surface area contributed by atoms with Crippen molar-refractivity contribution < 1.29 is 71.5 Å². The van der Waals surface area contributed by atoms with Gasteiger partial charge in [0.2, 0.25) is 0 Å². The molecule has 66 heavy (non-hydrogen) atoms. The Labute approximate surface area is 382 Å². The van der Waals surface area contributed by atoms with Gasteiger partial charge in [-0.3, -0.25) is 0 Å². The van der Waals surface area contributed by atoms with Gasteiger partial charge < -0.3 is 71.5 Å². The molecule has 350 valence electrons. The molecule has 0 heterocycles. The van der Waals surface area contributed by atoms with Crippen LogP contribution < -0.4 is 0 Å². The van der Waals surface area contributed by atoms with Gasteiger partial charge >= 0.3 is 0 Å². The van der Waals surface area contributed by atoms with Gasteiger partial charge in [0.1, 0.15) is 0 Å². The first-order valence-corrected chi connectivity index (χ1v) is 21.9. The van der Waals surface area contributed by atoms with Gasteiger partial charge in [-0.2, -0.15) is 0 Å². The van der Waals surface area contributed by atoms with E-state index in [0.717, 1.165) is 33.4 Å². The summed E-state index contributed by atoms with van der Waals surface area (Å²) in [7, 11) is 0. The van der Waals surface area contributed by atoms with Crippen LogP contribution in [-0.2, 0) is 64.2 Å². The average molecular weight is 907 g/mol. The molecule has 0 unspecified atom stereocenters. The number of hydrogen-bond acceptors (Lipinski definition) is 14. The Bertz CT molecular complexity index is 2390. The molecule has 14 N–H and O–H groups in total. The standard InChI is InChI=1S/C52H58O14/c53-11-1-2-39(18-37-14-29(3-7-33-20-41(55)49(63)42(56)21-33)12-30(15-37)4-8-34-22-43(57)50(64)44(58)23-34)40(28-54)19-38-16-31(5-9-35-24-45(59)51(65)46(60)25-35)13-32(17-38)6-10-36-26-47(61)52(66)48(62)27-36/h12-17,20-27,39-40,53-66H,1-11,18-19,28H2/t39-,40+/m1/s1. The molecule has 0 aliphatic rings. The van der Waals surface area contributed by atoms with E-state index in [1.807, 2.05) is 24.3 Å². The van der Waals surface area contributed by atoms with E-state index >= 15 is 0 Å². The molecule has 2 atom stereocenters. The molecule has 0 aromatic heterocycles. The van der Waals surface area contributed by atoms with Crippen LogP contribution in [-0.4, -0.2) is 84.7 Å². The average Bonchev–Trinajstić information content (AvgIpc) is 3.28. The molecule has 0 aliphatic carbocycles. The fraction of sp³-hybridized carbons (Fsp3) is 0.308. The molecule has 6 aromatic carbocycles. The summed E-state index contributed by atoms with van der Waals surface area (Å²) in [6, 6.07) is 23.4. The zero-order chi connectivity index (χ0) is 47.7. The first kappa shape index (κ1) is 48.3. The summed E-state index contributed by atoms with van der Waals surface area (Å²) in [5.74, 6) is -6.27. The molecular formula is C52H58O14. The predicted octanol–water partition coefficient (Wildman–Crippen LogP) is 7.08. The first-order chi connectivity index (χ1) is 31.5. The Morgan fingerprint density at radius 3 is 0.712 bits per heavy atom. The van der Waals surface area contributed by atoms with Crippen LogP contribution in [0.15, 0.2) is 84.9 Å². The molecule has 0 saturated carbocycles. The minimum Gasteiger partial charge on any atom is -0.504 e. The molecule has 0 amide bonds. The summed E-state index contributed by atoms with van der Waals surface area (Å²) in [5.41, 5.74) is 8.04. The maximum Gasteiger partial charge on any atom is 0.200 e. The summed E-state index contributed by atoms with van der Waals surface area (Å²) < 4.78 is 0. The Morgan fingerprint density at radius 1 is 0.273 bits per heavy atom. The van der Waals surface area contributed by atoms with Crippen molar-refractivity contribution in [2.24, 2.45) is 11.8 Å². The number of hydrogen-bond donors (Lipinski definition) is 14. The fourth-order valence-electron chi connectivity index (χ4n) is 8.71. The molecule has 6 rings (SSSR count). The fourth-order valence-corrected chi connectivity index (χ4v) is 8.71. The third kappa shape index (κ3) is 12.5. The number of aromatic hydroxyl groups is 12. The van der Waals surface area contributed by atoms with Gasteiger partial charge in [0.05, 0.1) is 0 Å². The van der Waals surface area contributed by atoms with Crippen LogP contribution >= 0.6 is 0 Å². The topological polar surface area (TPSA) is 283 Å². The van der Waals surface area contributed by atoms with Crippen molar-refractivity contribution in [3.63, 3.8) is 0 Å². The maximum atomic E-state index is 11.1. The second-order valence-corrected chi connectivity index (χ2v) is 17.2. The maximum absolute atomic E-state index is 11.1. The number of aliphatic hydroxyl groups is 2. The lowest BCUT2D eigenvalue weighted by atomic mass is 9.79. The van der Waals surface area contributed by atoms with E-state index in [1.165, 1.54) is 48.5 Å². The molecule has 6 aromatic rings. The van der Waals surface area contributed by atoms with Gasteiger partial charge in [-0.25, -0.2) is 0 Å². The molecule has 0 bridgehead atoms. The van der Waals surface area contributed by atoms with Gasteiger partial charge in [-0.1, -0.05) is 36.4 Å². The summed E-state index contributed by atoms with van der Waals surface area (Å²) in [6.07, 6.45) is 5.70. The van der Waals surface area contributed by atoms with Crippen molar-refractivity contribution >= 4 is 0 Å². The molecule has 14 nitrogen and oxygen atoms in total. The van der Waals surface area contributed by atoms with Crippen LogP contribution in [0.4, 0.5) is 0 Å². The molecule has 0 spiro atoms. The van der Waals surface area contributed by atoms with Crippen LogP contribution in [0.25, 0.3) is 0 Å². The Hall–Kier alpha value is -7.16. The third-order valence-corrected chi connectivity index (χ3v) is 12.2. The summed E-state index contributed by atoms with van der Waals surface area (Å²) in [6.45, 7) is -0.217. The Morgan fingerprint density at radius 2 is 0.485 bits per heavy atom. The SMILES string of the molecule is OCCC[C@H](Cc1cc(CCc2cc(O)c(O)c(O)c2)cc(CCc2cc(O)c(O)c(O)c2)c1)[C@H](CO)Cc1cc(CCc2cc(O)c(O)c(O)c2)cc(CCc2cc(O)c(O)c(O)c2)c1. The van der Waals surface area contributed by atoms with E-state index in [-0.39, 0.29) is 25.0 Å². The van der Waals surface area contributed by atoms with E-state index in [1.54, 1.807) is 0 Å². The number of rotatable bonds is 21. The minimum absolute atomic E-state index is 0.0526. The first-order valence-electron chi connectivity index (χ1n) is 21.9. The molecular weight excluding hydrogens is 849 g/mol. The van der Waals surface area contributed by atoms with Crippen molar-refractivity contribution in [1.29, 1.82) is 0 Å². The van der Waals surface area contributed by atoms with Gasteiger partial charge in [0.15, 0.2) is 69.0 Å². The van der Waals surface area contributed by atoms with Gasteiger partial charge in [0, 0.05) is 13.2 Å². The van der Waals surface area contributed by atoms with Gasteiger partial charge in [-0.15, -0.1) is 0 Å². The van der Waals surface area contributed by atoms with E-state index in [0.29, 0.717) is 99.3 Å². The molecule has 0 fully saturated rings. The largest absolute Gasteiger partial charge is 0.504 e. The van der Waals surface area contributed by atoms with E-state index in [2.05, 4.69) is 12.1 Å². The highest BCUT2D eigenvalue weighted by molar-refractivity contribution is 5.54. The third-order valence-electron chi connectivity index (χ3n) is 12.2. The lowest BCUT2D eigenvalue weighted by Gasteiger charge is -2.27. The van der Waals surface area contributed by atoms with Gasteiger partial charge in [0.25, 0.3) is 0 Å². The molecule has 14 heteroatoms. The van der Waals surface area contributed by atoms with E-state index in [4.69, 9.17) is 0 Å². The summed E-state index contributed by atoms with van der Waals surface area (Å²) in [4.78, 5) is 0. The number of aryl methyl sites for hydroxylation is 8. The predicted molar refractivity (Wildman–Crippen MR) is 246 cm³/mol. The van der Waals surface area contributed by atoms with E-state index < -0.39 is 69.0 Å². The Balaban J connectivity index is 1.29. The van der Waals surface area contributed by atoms with Crippen molar-refractivity contribution in [2.45, 2.75) is 77.0 Å². The lowest BCUT2D eigenvalue weighted by molar-refractivity contribution is 0.158. The quantitative estimate of drug-likeness (QED) is 0.0322.